The molecule has 1 N–H and O–H groups in total. The first kappa shape index (κ1) is 14.8. The van der Waals surface area contributed by atoms with Gasteiger partial charge in [0.1, 0.15) is 0 Å². The lowest BCUT2D eigenvalue weighted by Crippen LogP contribution is -2.42. The van der Waals surface area contributed by atoms with Crippen LogP contribution in [0.1, 0.15) is 44.9 Å². The van der Waals surface area contributed by atoms with Crippen molar-refractivity contribution >= 4 is 10.0 Å². The van der Waals surface area contributed by atoms with Crippen molar-refractivity contribution in [1.29, 1.82) is 0 Å². The molecule has 20 heavy (non-hydrogen) atoms. The monoisotopic (exact) mass is 300 g/mol. The lowest BCUT2D eigenvalue weighted by molar-refractivity contribution is 0.117. The van der Waals surface area contributed by atoms with E-state index in [9.17, 15) is 8.42 Å². The van der Waals surface area contributed by atoms with Crippen LogP contribution in [-0.4, -0.2) is 44.7 Å². The van der Waals surface area contributed by atoms with Gasteiger partial charge in [-0.3, -0.25) is 0 Å². The summed E-state index contributed by atoms with van der Waals surface area (Å²) in [6.45, 7) is 2.68. The Kier molecular flexibility index (Phi) is 4.39. The second-order valence-electron chi connectivity index (χ2n) is 7.14. The number of nitrogens with zero attached hydrogens (tertiary/aromatic N) is 1. The van der Waals surface area contributed by atoms with E-state index in [2.05, 4.69) is 5.32 Å². The van der Waals surface area contributed by atoms with E-state index >= 15 is 0 Å². The van der Waals surface area contributed by atoms with Crippen molar-refractivity contribution in [2.24, 2.45) is 17.8 Å². The minimum absolute atomic E-state index is 0.590. The highest BCUT2D eigenvalue weighted by Crippen LogP contribution is 2.40. The van der Waals surface area contributed by atoms with Crippen LogP contribution >= 0.6 is 0 Å². The predicted octanol–water partition coefficient (Wildman–Crippen LogP) is 1.83. The molecule has 4 nitrogen and oxygen atoms in total. The number of piperidine rings is 1. The summed E-state index contributed by atoms with van der Waals surface area (Å²) in [6.07, 6.45) is 10.3. The minimum atomic E-state index is -2.99. The van der Waals surface area contributed by atoms with E-state index in [0.717, 1.165) is 37.4 Å². The topological polar surface area (TPSA) is 49.4 Å². The highest BCUT2D eigenvalue weighted by atomic mass is 32.2. The molecule has 3 unspecified atom stereocenters. The van der Waals surface area contributed by atoms with Gasteiger partial charge in [-0.1, -0.05) is 0 Å². The lowest BCUT2D eigenvalue weighted by atomic mass is 9.69. The Morgan fingerprint density at radius 2 is 1.85 bits per heavy atom. The first-order chi connectivity index (χ1) is 9.52. The smallest absolute Gasteiger partial charge is 0.211 e. The van der Waals surface area contributed by atoms with Gasteiger partial charge in [0.2, 0.25) is 10.0 Å². The molecular weight excluding hydrogens is 272 g/mol. The standard InChI is InChI=1S/C15H28N2O2S/c1-20(18,19)17-8-2-3-12(11-17)9-13-4-5-14(13)10-16-15-6-7-15/h12-16H,2-11H2,1H3. The van der Waals surface area contributed by atoms with Crippen molar-refractivity contribution in [3.63, 3.8) is 0 Å². The number of hydrogen-bond donors (Lipinski definition) is 1. The van der Waals surface area contributed by atoms with Crippen LogP contribution < -0.4 is 5.32 Å². The molecule has 0 radical (unpaired) electrons. The molecule has 0 spiro atoms. The summed E-state index contributed by atoms with van der Waals surface area (Å²) in [5.41, 5.74) is 0. The fraction of sp³-hybridized carbons (Fsp3) is 1.00. The molecule has 3 aliphatic rings. The summed E-state index contributed by atoms with van der Waals surface area (Å²) in [7, 11) is -2.99. The van der Waals surface area contributed by atoms with Crippen LogP contribution in [0.15, 0.2) is 0 Å². The molecule has 3 atom stereocenters. The van der Waals surface area contributed by atoms with E-state index < -0.39 is 10.0 Å². The summed E-state index contributed by atoms with van der Waals surface area (Å²) in [5.74, 6) is 2.28. The van der Waals surface area contributed by atoms with Gasteiger partial charge >= 0.3 is 0 Å². The number of nitrogens with one attached hydrogen (secondary N) is 1. The van der Waals surface area contributed by atoms with Gasteiger partial charge in [0.15, 0.2) is 0 Å². The van der Waals surface area contributed by atoms with Crippen LogP contribution in [0.25, 0.3) is 0 Å². The van der Waals surface area contributed by atoms with Gasteiger partial charge in [-0.15, -0.1) is 0 Å². The van der Waals surface area contributed by atoms with Gasteiger partial charge in [-0.05, 0) is 69.2 Å². The van der Waals surface area contributed by atoms with Gasteiger partial charge in [-0.25, -0.2) is 12.7 Å². The highest BCUT2D eigenvalue weighted by Gasteiger charge is 2.35. The fourth-order valence-electron chi connectivity index (χ4n) is 3.77. The lowest BCUT2D eigenvalue weighted by Gasteiger charge is -2.41. The fourth-order valence-corrected chi connectivity index (χ4v) is 4.71. The molecule has 116 valence electrons. The Bertz CT molecular complexity index is 433. The first-order valence-corrected chi connectivity index (χ1v) is 10.1. The van der Waals surface area contributed by atoms with E-state index in [-0.39, 0.29) is 0 Å². The summed E-state index contributed by atoms with van der Waals surface area (Å²) >= 11 is 0. The normalized spacial score (nSPS) is 35.8. The third-order valence-electron chi connectivity index (χ3n) is 5.41. The van der Waals surface area contributed by atoms with E-state index in [1.807, 2.05) is 0 Å². The van der Waals surface area contributed by atoms with Gasteiger partial charge in [0.25, 0.3) is 0 Å². The summed E-state index contributed by atoms with van der Waals surface area (Å²) in [6, 6.07) is 0.812. The van der Waals surface area contributed by atoms with Crippen molar-refractivity contribution in [1.82, 2.24) is 9.62 Å². The zero-order chi connectivity index (χ0) is 14.2. The molecule has 0 amide bonds. The molecule has 0 aromatic heterocycles. The molecule has 1 heterocycles. The van der Waals surface area contributed by atoms with Crippen LogP contribution in [0.4, 0.5) is 0 Å². The third-order valence-corrected chi connectivity index (χ3v) is 6.68. The van der Waals surface area contributed by atoms with Gasteiger partial charge < -0.3 is 5.32 Å². The molecule has 0 aromatic rings. The molecule has 0 aromatic carbocycles. The Morgan fingerprint density at radius 1 is 1.10 bits per heavy atom. The minimum Gasteiger partial charge on any atom is -0.314 e. The summed E-state index contributed by atoms with van der Waals surface area (Å²) < 4.78 is 25.0. The summed E-state index contributed by atoms with van der Waals surface area (Å²) in [4.78, 5) is 0. The zero-order valence-electron chi connectivity index (χ0n) is 12.6. The number of rotatable bonds is 6. The highest BCUT2D eigenvalue weighted by molar-refractivity contribution is 7.88. The Balaban J connectivity index is 1.44. The largest absolute Gasteiger partial charge is 0.314 e. The van der Waals surface area contributed by atoms with E-state index in [1.165, 1.54) is 51.3 Å². The average Bonchev–Trinajstić information content (AvgIpc) is 3.18. The van der Waals surface area contributed by atoms with Crippen LogP contribution in [0.3, 0.4) is 0 Å². The molecule has 1 aliphatic heterocycles. The molecule has 2 saturated carbocycles. The Morgan fingerprint density at radius 3 is 2.45 bits per heavy atom. The zero-order valence-corrected chi connectivity index (χ0v) is 13.4. The van der Waals surface area contributed by atoms with Crippen LogP contribution in [0, 0.1) is 17.8 Å². The van der Waals surface area contributed by atoms with Crippen molar-refractivity contribution in [3.8, 4) is 0 Å². The van der Waals surface area contributed by atoms with Gasteiger partial charge in [-0.2, -0.15) is 0 Å². The summed E-state index contributed by atoms with van der Waals surface area (Å²) in [5, 5.41) is 3.65. The molecule has 1 saturated heterocycles. The maximum absolute atomic E-state index is 11.7. The maximum atomic E-state index is 11.7. The maximum Gasteiger partial charge on any atom is 0.211 e. The molecule has 2 aliphatic carbocycles. The van der Waals surface area contributed by atoms with Crippen molar-refractivity contribution in [2.75, 3.05) is 25.9 Å². The average molecular weight is 300 g/mol. The molecule has 0 bridgehead atoms. The molecule has 5 heteroatoms. The van der Waals surface area contributed by atoms with Gasteiger partial charge in [0, 0.05) is 19.1 Å². The Hall–Kier alpha value is -0.130. The SMILES string of the molecule is CS(=O)(=O)N1CCCC(CC2CCC2CNC2CC2)C1. The molecular formula is C15H28N2O2S. The quantitative estimate of drug-likeness (QED) is 0.814. The van der Waals surface area contributed by atoms with Crippen molar-refractivity contribution < 1.29 is 8.42 Å². The van der Waals surface area contributed by atoms with Crippen molar-refractivity contribution in [3.05, 3.63) is 0 Å². The van der Waals surface area contributed by atoms with E-state index in [1.54, 1.807) is 4.31 Å². The van der Waals surface area contributed by atoms with Crippen molar-refractivity contribution in [2.45, 2.75) is 51.0 Å². The second kappa shape index (κ2) is 5.93. The molecule has 3 fully saturated rings. The van der Waals surface area contributed by atoms with E-state index in [4.69, 9.17) is 0 Å². The van der Waals surface area contributed by atoms with E-state index in [0.29, 0.717) is 5.92 Å². The predicted molar refractivity (Wildman–Crippen MR) is 81.0 cm³/mol. The van der Waals surface area contributed by atoms with Gasteiger partial charge in [0.05, 0.1) is 6.26 Å². The van der Waals surface area contributed by atoms with Crippen LogP contribution in [0.5, 0.6) is 0 Å². The van der Waals surface area contributed by atoms with Crippen LogP contribution in [0.2, 0.25) is 0 Å². The Labute approximate surface area is 123 Å². The molecule has 3 rings (SSSR count). The third kappa shape index (κ3) is 3.74. The second-order valence-corrected chi connectivity index (χ2v) is 9.13. The van der Waals surface area contributed by atoms with Crippen LogP contribution in [-0.2, 0) is 10.0 Å². The number of hydrogen-bond acceptors (Lipinski definition) is 3. The number of sulfonamides is 1. The first-order valence-electron chi connectivity index (χ1n) is 8.21.